The molecule has 2 aliphatic rings. The molecule has 0 bridgehead atoms. The quantitative estimate of drug-likeness (QED) is 0.891. The summed E-state index contributed by atoms with van der Waals surface area (Å²) in [5.41, 5.74) is 2.92. The summed E-state index contributed by atoms with van der Waals surface area (Å²) in [4.78, 5) is 25.4. The van der Waals surface area contributed by atoms with Crippen molar-refractivity contribution in [1.29, 1.82) is 0 Å². The number of hydrogen-bond donors (Lipinski definition) is 1. The Labute approximate surface area is 156 Å². The zero-order valence-electron chi connectivity index (χ0n) is 14.9. The van der Waals surface area contributed by atoms with Crippen LogP contribution in [-0.4, -0.2) is 31.3 Å². The Hall–Kier alpha value is -2.09. The van der Waals surface area contributed by atoms with E-state index >= 15 is 0 Å². The number of carbonyl (C=O) groups excluding carboxylic acids is 1. The van der Waals surface area contributed by atoms with Crippen LogP contribution in [0.5, 0.6) is 0 Å². The average Bonchev–Trinajstić information content (AvgIpc) is 3.08. The van der Waals surface area contributed by atoms with Gasteiger partial charge >= 0.3 is 0 Å². The minimum Gasteiger partial charge on any atom is -0.348 e. The Kier molecular flexibility index (Phi) is 4.84. The predicted molar refractivity (Wildman–Crippen MR) is 98.5 cm³/mol. The lowest BCUT2D eigenvalue weighted by molar-refractivity contribution is 0.0924. The third-order valence-electron chi connectivity index (χ3n) is 5.47. The van der Waals surface area contributed by atoms with Crippen molar-refractivity contribution in [2.45, 2.75) is 70.4 Å². The van der Waals surface area contributed by atoms with Crippen LogP contribution in [0.2, 0.25) is 0 Å². The Balaban J connectivity index is 1.40. The highest BCUT2D eigenvalue weighted by atomic mass is 32.1. The van der Waals surface area contributed by atoms with Crippen LogP contribution in [0.3, 0.4) is 0 Å². The van der Waals surface area contributed by atoms with E-state index < -0.39 is 0 Å². The van der Waals surface area contributed by atoms with Crippen molar-refractivity contribution < 1.29 is 4.79 Å². The van der Waals surface area contributed by atoms with Crippen molar-refractivity contribution in [2.75, 3.05) is 0 Å². The van der Waals surface area contributed by atoms with E-state index in [-0.39, 0.29) is 23.6 Å². The van der Waals surface area contributed by atoms with Crippen molar-refractivity contribution in [3.63, 3.8) is 0 Å². The Morgan fingerprint density at radius 2 is 2.00 bits per heavy atom. The highest BCUT2D eigenvalue weighted by Gasteiger charge is 2.27. The van der Waals surface area contributed by atoms with Gasteiger partial charge in [0.1, 0.15) is 4.88 Å². The minimum absolute atomic E-state index is 0.0181. The number of carbonyl (C=O) groups is 1. The van der Waals surface area contributed by atoms with Gasteiger partial charge in [-0.15, -0.1) is 5.10 Å². The SMILES string of the molecule is Cc1nnsc1C(=O)NC1CCC(n2nc3c(cc2=O)CCCC3)CC1. The first-order chi connectivity index (χ1) is 12.6. The Bertz CT molecular complexity index is 867. The van der Waals surface area contributed by atoms with E-state index in [2.05, 4.69) is 20.0 Å². The molecule has 1 N–H and O–H groups in total. The standard InChI is InChI=1S/C18H23N5O2S/c1-11-17(26-22-20-11)18(25)19-13-6-8-14(9-7-13)23-16(24)10-12-4-2-3-5-15(12)21-23/h10,13-14H,2-9H2,1H3,(H,19,25). The average molecular weight is 373 g/mol. The molecular formula is C18H23N5O2S. The molecule has 0 saturated heterocycles. The number of hydrogen-bond acceptors (Lipinski definition) is 6. The second kappa shape index (κ2) is 7.26. The summed E-state index contributed by atoms with van der Waals surface area (Å²) >= 11 is 1.13. The fourth-order valence-corrected chi connectivity index (χ4v) is 4.55. The molecule has 0 spiro atoms. The summed E-state index contributed by atoms with van der Waals surface area (Å²) in [6, 6.07) is 2.05. The molecule has 1 fully saturated rings. The molecule has 8 heteroatoms. The van der Waals surface area contributed by atoms with Crippen molar-refractivity contribution in [3.05, 3.63) is 38.2 Å². The molecule has 0 radical (unpaired) electrons. The van der Waals surface area contributed by atoms with Gasteiger partial charge in [0.25, 0.3) is 11.5 Å². The van der Waals surface area contributed by atoms with Gasteiger partial charge in [-0.3, -0.25) is 9.59 Å². The fourth-order valence-electron chi connectivity index (χ4n) is 3.99. The highest BCUT2D eigenvalue weighted by molar-refractivity contribution is 7.08. The lowest BCUT2D eigenvalue weighted by Crippen LogP contribution is -2.40. The summed E-state index contributed by atoms with van der Waals surface area (Å²) < 4.78 is 5.51. The van der Waals surface area contributed by atoms with E-state index in [0.717, 1.165) is 74.2 Å². The molecule has 1 amide bonds. The maximum atomic E-state index is 12.5. The van der Waals surface area contributed by atoms with E-state index in [9.17, 15) is 9.59 Å². The van der Waals surface area contributed by atoms with Gasteiger partial charge in [0.2, 0.25) is 0 Å². The fraction of sp³-hybridized carbons (Fsp3) is 0.611. The predicted octanol–water partition coefficient (Wildman–Crippen LogP) is 2.20. The number of rotatable bonds is 3. The van der Waals surface area contributed by atoms with Crippen LogP contribution in [0.4, 0.5) is 0 Å². The number of amides is 1. The van der Waals surface area contributed by atoms with Crippen LogP contribution in [-0.2, 0) is 12.8 Å². The largest absolute Gasteiger partial charge is 0.348 e. The van der Waals surface area contributed by atoms with Gasteiger partial charge in [-0.2, -0.15) is 5.10 Å². The van der Waals surface area contributed by atoms with E-state index in [0.29, 0.717) is 10.6 Å². The van der Waals surface area contributed by atoms with Crippen LogP contribution >= 0.6 is 11.5 Å². The van der Waals surface area contributed by atoms with Gasteiger partial charge in [-0.1, -0.05) is 4.49 Å². The molecule has 2 aliphatic carbocycles. The molecule has 138 valence electrons. The normalized spacial score (nSPS) is 22.7. The lowest BCUT2D eigenvalue weighted by atomic mass is 9.91. The highest BCUT2D eigenvalue weighted by Crippen LogP contribution is 2.28. The monoisotopic (exact) mass is 373 g/mol. The first-order valence-electron chi connectivity index (χ1n) is 9.33. The maximum absolute atomic E-state index is 12.5. The van der Waals surface area contributed by atoms with Crippen molar-refractivity contribution in [3.8, 4) is 0 Å². The molecule has 7 nitrogen and oxygen atoms in total. The van der Waals surface area contributed by atoms with Crippen LogP contribution < -0.4 is 10.9 Å². The topological polar surface area (TPSA) is 89.8 Å². The zero-order valence-corrected chi connectivity index (χ0v) is 15.7. The summed E-state index contributed by atoms with van der Waals surface area (Å²) in [7, 11) is 0. The van der Waals surface area contributed by atoms with E-state index in [1.807, 2.05) is 0 Å². The first-order valence-corrected chi connectivity index (χ1v) is 10.1. The third kappa shape index (κ3) is 3.42. The molecule has 0 aliphatic heterocycles. The van der Waals surface area contributed by atoms with Crippen molar-refractivity contribution in [1.82, 2.24) is 24.7 Å². The third-order valence-corrected chi connectivity index (χ3v) is 6.29. The summed E-state index contributed by atoms with van der Waals surface area (Å²) in [6.07, 6.45) is 7.68. The van der Waals surface area contributed by atoms with Gasteiger partial charge in [0.05, 0.1) is 17.4 Å². The van der Waals surface area contributed by atoms with Crippen LogP contribution in [0.15, 0.2) is 10.9 Å². The van der Waals surface area contributed by atoms with E-state index in [1.165, 1.54) is 0 Å². The number of nitrogens with one attached hydrogen (secondary N) is 1. The molecule has 1 saturated carbocycles. The van der Waals surface area contributed by atoms with Gasteiger partial charge in [0, 0.05) is 12.1 Å². The minimum atomic E-state index is -0.0926. The first kappa shape index (κ1) is 17.3. The second-order valence-corrected chi connectivity index (χ2v) is 8.03. The number of aromatic nitrogens is 4. The maximum Gasteiger partial charge on any atom is 0.267 e. The number of aryl methyl sites for hydroxylation is 3. The smallest absolute Gasteiger partial charge is 0.267 e. The molecule has 26 heavy (non-hydrogen) atoms. The van der Waals surface area contributed by atoms with Crippen LogP contribution in [0.25, 0.3) is 0 Å². The summed E-state index contributed by atoms with van der Waals surface area (Å²) in [5, 5.41) is 11.6. The van der Waals surface area contributed by atoms with Crippen molar-refractivity contribution >= 4 is 17.4 Å². The lowest BCUT2D eigenvalue weighted by Gasteiger charge is -2.30. The van der Waals surface area contributed by atoms with E-state index in [1.54, 1.807) is 17.7 Å². The molecule has 2 aromatic heterocycles. The number of fused-ring (bicyclic) bond motifs is 1. The van der Waals surface area contributed by atoms with Gasteiger partial charge in [-0.25, -0.2) is 4.68 Å². The molecule has 0 unspecified atom stereocenters. The number of nitrogens with zero attached hydrogens (tertiary/aromatic N) is 4. The summed E-state index contributed by atoms with van der Waals surface area (Å²) in [5.74, 6) is -0.0926. The Morgan fingerprint density at radius 1 is 1.23 bits per heavy atom. The van der Waals surface area contributed by atoms with Crippen LogP contribution in [0, 0.1) is 6.92 Å². The zero-order chi connectivity index (χ0) is 18.1. The molecular weight excluding hydrogens is 350 g/mol. The van der Waals surface area contributed by atoms with Gasteiger partial charge < -0.3 is 5.32 Å². The molecule has 0 atom stereocenters. The molecule has 2 heterocycles. The van der Waals surface area contributed by atoms with Crippen LogP contribution in [0.1, 0.15) is 71.2 Å². The molecule has 0 aromatic carbocycles. The van der Waals surface area contributed by atoms with Crippen molar-refractivity contribution in [2.24, 2.45) is 0 Å². The van der Waals surface area contributed by atoms with E-state index in [4.69, 9.17) is 0 Å². The molecule has 4 rings (SSSR count). The Morgan fingerprint density at radius 3 is 2.73 bits per heavy atom. The second-order valence-electron chi connectivity index (χ2n) is 7.27. The summed E-state index contributed by atoms with van der Waals surface area (Å²) in [6.45, 7) is 1.80. The van der Waals surface area contributed by atoms with Gasteiger partial charge in [-0.05, 0) is 75.4 Å². The van der Waals surface area contributed by atoms with Gasteiger partial charge in [0.15, 0.2) is 0 Å². The molecule has 2 aromatic rings.